The monoisotopic (exact) mass is 263 g/mol. The Labute approximate surface area is 112 Å². The number of hydrogen-bond donors (Lipinski definition) is 3. The first kappa shape index (κ1) is 14.0. The zero-order valence-corrected chi connectivity index (χ0v) is 11.4. The molecule has 1 heterocycles. The maximum atomic E-state index is 9.73. The second-order valence-electron chi connectivity index (χ2n) is 5.02. The Morgan fingerprint density at radius 3 is 2.79 bits per heavy atom. The topological polar surface area (TPSA) is 70.3 Å². The summed E-state index contributed by atoms with van der Waals surface area (Å²) in [6, 6.07) is 8.03. The summed E-state index contributed by atoms with van der Waals surface area (Å²) in [5.74, 6) is 0.942. The van der Waals surface area contributed by atoms with Gasteiger partial charge in [0.15, 0.2) is 0 Å². The lowest BCUT2D eigenvalue weighted by molar-refractivity contribution is 0.00239. The standard InChI is InChI=1S/C14H21N3O2/c1-3-17-12-7-5-4-6-11(12)16-13(17)8-15-9-14(2,19)10-18/h4-7,15,18-19H,3,8-10H2,1-2H3. The van der Waals surface area contributed by atoms with Crippen molar-refractivity contribution in [2.75, 3.05) is 13.2 Å². The Bertz CT molecular complexity index is 549. The van der Waals surface area contributed by atoms with E-state index in [2.05, 4.69) is 27.9 Å². The van der Waals surface area contributed by atoms with Crippen LogP contribution in [-0.4, -0.2) is 38.5 Å². The molecule has 2 rings (SSSR count). The van der Waals surface area contributed by atoms with Crippen LogP contribution in [0.5, 0.6) is 0 Å². The average Bonchev–Trinajstić information content (AvgIpc) is 2.76. The number of hydrogen-bond acceptors (Lipinski definition) is 4. The minimum Gasteiger partial charge on any atom is -0.393 e. The number of benzene rings is 1. The molecule has 0 bridgehead atoms. The van der Waals surface area contributed by atoms with Crippen molar-refractivity contribution in [3.8, 4) is 0 Å². The molecule has 0 saturated heterocycles. The van der Waals surface area contributed by atoms with Crippen molar-refractivity contribution < 1.29 is 10.2 Å². The molecule has 19 heavy (non-hydrogen) atoms. The third kappa shape index (κ3) is 3.12. The van der Waals surface area contributed by atoms with E-state index in [4.69, 9.17) is 5.11 Å². The van der Waals surface area contributed by atoms with Gasteiger partial charge in [-0.1, -0.05) is 12.1 Å². The van der Waals surface area contributed by atoms with Crippen molar-refractivity contribution in [3.05, 3.63) is 30.1 Å². The second-order valence-corrected chi connectivity index (χ2v) is 5.02. The molecule has 3 N–H and O–H groups in total. The van der Waals surface area contributed by atoms with E-state index in [-0.39, 0.29) is 6.61 Å². The minimum absolute atomic E-state index is 0.260. The molecule has 0 saturated carbocycles. The molecule has 1 atom stereocenters. The predicted octanol–water partition coefficient (Wildman–Crippen LogP) is 0.889. The maximum Gasteiger partial charge on any atom is 0.123 e. The van der Waals surface area contributed by atoms with Crippen molar-refractivity contribution >= 4 is 11.0 Å². The molecule has 0 aliphatic rings. The molecule has 104 valence electrons. The molecule has 0 fully saturated rings. The van der Waals surface area contributed by atoms with Gasteiger partial charge in [-0.25, -0.2) is 4.98 Å². The molecule has 1 unspecified atom stereocenters. The van der Waals surface area contributed by atoms with E-state index >= 15 is 0 Å². The quantitative estimate of drug-likeness (QED) is 0.724. The van der Waals surface area contributed by atoms with Gasteiger partial charge in [0.25, 0.3) is 0 Å². The van der Waals surface area contributed by atoms with Gasteiger partial charge in [-0.3, -0.25) is 0 Å². The van der Waals surface area contributed by atoms with Crippen molar-refractivity contribution in [1.29, 1.82) is 0 Å². The highest BCUT2D eigenvalue weighted by Gasteiger charge is 2.18. The number of aliphatic hydroxyl groups excluding tert-OH is 1. The van der Waals surface area contributed by atoms with Gasteiger partial charge in [0.1, 0.15) is 5.82 Å². The molecule has 2 aromatic rings. The normalized spacial score (nSPS) is 14.7. The number of aryl methyl sites for hydroxylation is 1. The fourth-order valence-corrected chi connectivity index (χ4v) is 2.11. The van der Waals surface area contributed by atoms with Gasteiger partial charge in [0.05, 0.1) is 29.8 Å². The van der Waals surface area contributed by atoms with Crippen LogP contribution in [0.4, 0.5) is 0 Å². The van der Waals surface area contributed by atoms with Gasteiger partial charge in [-0.2, -0.15) is 0 Å². The van der Waals surface area contributed by atoms with Crippen LogP contribution in [0.1, 0.15) is 19.7 Å². The van der Waals surface area contributed by atoms with Gasteiger partial charge in [-0.05, 0) is 26.0 Å². The van der Waals surface area contributed by atoms with Gasteiger partial charge in [0.2, 0.25) is 0 Å². The highest BCUT2D eigenvalue weighted by atomic mass is 16.3. The summed E-state index contributed by atoms with van der Waals surface area (Å²) >= 11 is 0. The number of aromatic nitrogens is 2. The highest BCUT2D eigenvalue weighted by molar-refractivity contribution is 5.75. The lowest BCUT2D eigenvalue weighted by Crippen LogP contribution is -2.41. The van der Waals surface area contributed by atoms with E-state index in [0.717, 1.165) is 23.4 Å². The molecule has 0 radical (unpaired) electrons. The summed E-state index contributed by atoms with van der Waals surface area (Å²) in [5, 5.41) is 21.9. The maximum absolute atomic E-state index is 9.73. The van der Waals surface area contributed by atoms with E-state index in [1.807, 2.05) is 18.2 Å². The van der Waals surface area contributed by atoms with Gasteiger partial charge in [-0.15, -0.1) is 0 Å². The molecule has 5 nitrogen and oxygen atoms in total. The number of imidazole rings is 1. The van der Waals surface area contributed by atoms with E-state index in [9.17, 15) is 5.11 Å². The van der Waals surface area contributed by atoms with Crippen LogP contribution in [-0.2, 0) is 13.1 Å². The number of nitrogens with one attached hydrogen (secondary N) is 1. The summed E-state index contributed by atoms with van der Waals surface area (Å²) < 4.78 is 2.15. The van der Waals surface area contributed by atoms with Crippen LogP contribution in [0, 0.1) is 0 Å². The Kier molecular flexibility index (Phi) is 4.19. The molecule has 0 aliphatic carbocycles. The molecule has 1 aromatic heterocycles. The predicted molar refractivity (Wildman–Crippen MR) is 74.8 cm³/mol. The van der Waals surface area contributed by atoms with Crippen LogP contribution in [0.15, 0.2) is 24.3 Å². The Morgan fingerprint density at radius 1 is 1.37 bits per heavy atom. The van der Waals surface area contributed by atoms with Crippen molar-refractivity contribution in [2.24, 2.45) is 0 Å². The van der Waals surface area contributed by atoms with Crippen LogP contribution in [0.3, 0.4) is 0 Å². The number of nitrogens with zero attached hydrogens (tertiary/aromatic N) is 2. The molecule has 5 heteroatoms. The molecular formula is C14H21N3O2. The summed E-state index contributed by atoms with van der Waals surface area (Å²) in [4.78, 5) is 4.59. The highest BCUT2D eigenvalue weighted by Crippen LogP contribution is 2.15. The van der Waals surface area contributed by atoms with Crippen LogP contribution < -0.4 is 5.32 Å². The molecule has 0 amide bonds. The Balaban J connectivity index is 2.12. The number of rotatable bonds is 6. The van der Waals surface area contributed by atoms with Gasteiger partial charge in [0, 0.05) is 13.1 Å². The van der Waals surface area contributed by atoms with Crippen LogP contribution >= 0.6 is 0 Å². The van der Waals surface area contributed by atoms with Crippen molar-refractivity contribution in [2.45, 2.75) is 32.5 Å². The fourth-order valence-electron chi connectivity index (χ4n) is 2.11. The van der Waals surface area contributed by atoms with Gasteiger partial charge < -0.3 is 20.1 Å². The second kappa shape index (κ2) is 5.69. The molecular weight excluding hydrogens is 242 g/mol. The zero-order valence-electron chi connectivity index (χ0n) is 11.4. The average molecular weight is 263 g/mol. The van der Waals surface area contributed by atoms with E-state index in [0.29, 0.717) is 13.1 Å². The number of para-hydroxylation sites is 2. The largest absolute Gasteiger partial charge is 0.393 e. The molecule has 1 aromatic carbocycles. The van der Waals surface area contributed by atoms with Gasteiger partial charge >= 0.3 is 0 Å². The summed E-state index contributed by atoms with van der Waals surface area (Å²) in [6.45, 7) is 5.18. The summed E-state index contributed by atoms with van der Waals surface area (Å²) in [7, 11) is 0. The fraction of sp³-hybridized carbons (Fsp3) is 0.500. The lowest BCUT2D eigenvalue weighted by Gasteiger charge is -2.20. The molecule has 0 spiro atoms. The van der Waals surface area contributed by atoms with Crippen molar-refractivity contribution in [1.82, 2.24) is 14.9 Å². The first-order chi connectivity index (χ1) is 9.07. The van der Waals surface area contributed by atoms with E-state index < -0.39 is 5.60 Å². The van der Waals surface area contributed by atoms with Crippen LogP contribution in [0.25, 0.3) is 11.0 Å². The van der Waals surface area contributed by atoms with E-state index in [1.165, 1.54) is 0 Å². The van der Waals surface area contributed by atoms with Crippen LogP contribution in [0.2, 0.25) is 0 Å². The molecule has 0 aliphatic heterocycles. The third-order valence-electron chi connectivity index (χ3n) is 3.18. The lowest BCUT2D eigenvalue weighted by atomic mass is 10.1. The number of aliphatic hydroxyl groups is 2. The first-order valence-electron chi connectivity index (χ1n) is 6.55. The Hall–Kier alpha value is -1.43. The SMILES string of the molecule is CCn1c(CNCC(C)(O)CO)nc2ccccc21. The summed E-state index contributed by atoms with van der Waals surface area (Å²) in [6.07, 6.45) is 0. The third-order valence-corrected chi connectivity index (χ3v) is 3.18. The first-order valence-corrected chi connectivity index (χ1v) is 6.55. The zero-order chi connectivity index (χ0) is 13.9. The Morgan fingerprint density at radius 2 is 2.11 bits per heavy atom. The summed E-state index contributed by atoms with van der Waals surface area (Å²) in [5.41, 5.74) is 1.01. The number of fused-ring (bicyclic) bond motifs is 1. The van der Waals surface area contributed by atoms with E-state index in [1.54, 1.807) is 6.92 Å². The van der Waals surface area contributed by atoms with Crippen molar-refractivity contribution in [3.63, 3.8) is 0 Å². The minimum atomic E-state index is -1.09. The smallest absolute Gasteiger partial charge is 0.123 e.